The third-order valence-corrected chi connectivity index (χ3v) is 3.95. The van der Waals surface area contributed by atoms with E-state index >= 15 is 0 Å². The zero-order chi connectivity index (χ0) is 15.6. The van der Waals surface area contributed by atoms with Crippen LogP contribution in [0.3, 0.4) is 0 Å². The first-order valence-electron chi connectivity index (χ1n) is 6.80. The number of nitrogens with zero attached hydrogens (tertiary/aromatic N) is 2. The molecule has 0 aromatic heterocycles. The molecule has 7 nitrogen and oxygen atoms in total. The van der Waals surface area contributed by atoms with E-state index in [9.17, 15) is 14.9 Å². The molecule has 0 radical (unpaired) electrons. The van der Waals surface area contributed by atoms with Gasteiger partial charge in [0.2, 0.25) is 0 Å². The van der Waals surface area contributed by atoms with Crippen LogP contribution in [0.15, 0.2) is 18.2 Å². The number of methoxy groups -OCH3 is 1. The number of ether oxygens (including phenoxy) is 1. The van der Waals surface area contributed by atoms with Gasteiger partial charge in [-0.3, -0.25) is 14.9 Å². The molecule has 2 atom stereocenters. The normalized spacial score (nSPS) is 22.1. The Hall–Kier alpha value is -2.15. The van der Waals surface area contributed by atoms with Gasteiger partial charge in [-0.1, -0.05) is 6.92 Å². The molecule has 1 saturated heterocycles. The molecule has 1 aromatic rings. The number of benzene rings is 1. The second-order valence-electron chi connectivity index (χ2n) is 5.32. The summed E-state index contributed by atoms with van der Waals surface area (Å²) >= 11 is 0. The summed E-state index contributed by atoms with van der Waals surface area (Å²) in [6.45, 7) is 3.21. The van der Waals surface area contributed by atoms with Gasteiger partial charge in [0.1, 0.15) is 5.69 Å². The summed E-state index contributed by atoms with van der Waals surface area (Å²) in [5.74, 6) is 0.159. The first-order valence-corrected chi connectivity index (χ1v) is 6.80. The zero-order valence-corrected chi connectivity index (χ0v) is 12.1. The Balaban J connectivity index is 2.20. The van der Waals surface area contributed by atoms with Crippen LogP contribution in [0, 0.1) is 16.0 Å². The number of likely N-dealkylation sites (tertiary alicyclic amines) is 1. The van der Waals surface area contributed by atoms with Crippen LogP contribution in [0.1, 0.15) is 23.7 Å². The second-order valence-corrected chi connectivity index (χ2v) is 5.32. The Bertz CT molecular complexity index is 561. The van der Waals surface area contributed by atoms with Crippen molar-refractivity contribution >= 4 is 17.3 Å². The molecule has 1 aromatic carbocycles. The van der Waals surface area contributed by atoms with Gasteiger partial charge < -0.3 is 15.4 Å². The molecule has 1 amide bonds. The average molecular weight is 293 g/mol. The van der Waals surface area contributed by atoms with E-state index in [1.165, 1.54) is 18.2 Å². The highest BCUT2D eigenvalue weighted by molar-refractivity contribution is 5.95. The molecule has 1 heterocycles. The van der Waals surface area contributed by atoms with Crippen molar-refractivity contribution in [2.24, 2.45) is 5.92 Å². The highest BCUT2D eigenvalue weighted by atomic mass is 16.6. The van der Waals surface area contributed by atoms with Crippen molar-refractivity contribution in [3.63, 3.8) is 0 Å². The van der Waals surface area contributed by atoms with E-state index in [2.05, 4.69) is 6.92 Å². The first kappa shape index (κ1) is 15.2. The van der Waals surface area contributed by atoms with Crippen molar-refractivity contribution in [2.75, 3.05) is 25.9 Å². The molecule has 21 heavy (non-hydrogen) atoms. The number of nitrogen functional groups attached to an aromatic ring is 1. The van der Waals surface area contributed by atoms with Crippen LogP contribution in [0.2, 0.25) is 0 Å². The predicted octanol–water partition coefficient (Wildman–Crippen LogP) is 1.67. The van der Waals surface area contributed by atoms with E-state index in [0.717, 1.165) is 6.42 Å². The number of nitro groups is 1. The molecule has 0 spiro atoms. The lowest BCUT2D eigenvalue weighted by Crippen LogP contribution is -2.46. The summed E-state index contributed by atoms with van der Waals surface area (Å²) in [6.07, 6.45) is 0.841. The fraction of sp³-hybridized carbons (Fsp3) is 0.500. The average Bonchev–Trinajstić information content (AvgIpc) is 2.47. The number of hydrogen-bond donors (Lipinski definition) is 1. The van der Waals surface area contributed by atoms with Crippen molar-refractivity contribution in [1.82, 2.24) is 4.90 Å². The summed E-state index contributed by atoms with van der Waals surface area (Å²) in [5, 5.41) is 10.9. The van der Waals surface area contributed by atoms with Gasteiger partial charge in [0.25, 0.3) is 11.6 Å². The number of amides is 1. The van der Waals surface area contributed by atoms with E-state index in [1.807, 2.05) is 0 Å². The van der Waals surface area contributed by atoms with Crippen LogP contribution < -0.4 is 5.73 Å². The second kappa shape index (κ2) is 6.09. The van der Waals surface area contributed by atoms with E-state index < -0.39 is 4.92 Å². The van der Waals surface area contributed by atoms with Crippen LogP contribution in [0.4, 0.5) is 11.4 Å². The number of carbonyl (C=O) groups excluding carboxylic acids is 1. The van der Waals surface area contributed by atoms with E-state index in [4.69, 9.17) is 10.5 Å². The molecule has 2 unspecified atom stereocenters. The maximum atomic E-state index is 12.5. The smallest absolute Gasteiger partial charge is 0.292 e. The summed E-state index contributed by atoms with van der Waals surface area (Å²) in [7, 11) is 1.63. The van der Waals surface area contributed by atoms with Crippen molar-refractivity contribution in [2.45, 2.75) is 19.4 Å². The number of rotatable bonds is 3. The fourth-order valence-corrected chi connectivity index (χ4v) is 2.54. The Labute approximate surface area is 122 Å². The first-order chi connectivity index (χ1) is 9.93. The van der Waals surface area contributed by atoms with Gasteiger partial charge in [-0.05, 0) is 24.5 Å². The number of piperidine rings is 1. The molecule has 2 N–H and O–H groups in total. The lowest BCUT2D eigenvalue weighted by Gasteiger charge is -2.36. The monoisotopic (exact) mass is 293 g/mol. The summed E-state index contributed by atoms with van der Waals surface area (Å²) in [4.78, 5) is 24.4. The highest BCUT2D eigenvalue weighted by Gasteiger charge is 2.30. The van der Waals surface area contributed by atoms with Crippen LogP contribution in [0.5, 0.6) is 0 Å². The van der Waals surface area contributed by atoms with E-state index in [-0.39, 0.29) is 28.9 Å². The molecule has 0 saturated carbocycles. The maximum Gasteiger partial charge on any atom is 0.292 e. The molecule has 7 heteroatoms. The predicted molar refractivity (Wildman–Crippen MR) is 78.0 cm³/mol. The Morgan fingerprint density at radius 1 is 1.52 bits per heavy atom. The Morgan fingerprint density at radius 2 is 2.24 bits per heavy atom. The summed E-state index contributed by atoms with van der Waals surface area (Å²) < 4.78 is 5.38. The Morgan fingerprint density at radius 3 is 2.86 bits per heavy atom. The fourth-order valence-electron chi connectivity index (χ4n) is 2.54. The van der Waals surface area contributed by atoms with Gasteiger partial charge >= 0.3 is 0 Å². The SMILES string of the molecule is COC1CN(C(=O)c2ccc(N)c([N+](=O)[O-])c2)CCC1C. The number of hydrogen-bond acceptors (Lipinski definition) is 5. The van der Waals surface area contributed by atoms with Crippen molar-refractivity contribution in [1.29, 1.82) is 0 Å². The minimum Gasteiger partial charge on any atom is -0.393 e. The van der Waals surface area contributed by atoms with Gasteiger partial charge in [0, 0.05) is 31.8 Å². The largest absolute Gasteiger partial charge is 0.393 e. The zero-order valence-electron chi connectivity index (χ0n) is 12.1. The third kappa shape index (κ3) is 3.13. The highest BCUT2D eigenvalue weighted by Crippen LogP contribution is 2.25. The molecule has 114 valence electrons. The van der Waals surface area contributed by atoms with Crippen LogP contribution in [0.25, 0.3) is 0 Å². The topological polar surface area (TPSA) is 98.7 Å². The van der Waals surface area contributed by atoms with Gasteiger partial charge in [-0.25, -0.2) is 0 Å². The third-order valence-electron chi connectivity index (χ3n) is 3.95. The van der Waals surface area contributed by atoms with Gasteiger partial charge in [0.05, 0.1) is 11.0 Å². The maximum absolute atomic E-state index is 12.5. The molecular weight excluding hydrogens is 274 g/mol. The Kier molecular flexibility index (Phi) is 4.42. The number of carbonyl (C=O) groups is 1. The molecule has 1 aliphatic heterocycles. The standard InChI is InChI=1S/C14H19N3O4/c1-9-5-6-16(8-13(9)21-2)14(18)10-3-4-11(15)12(7-10)17(19)20/h3-4,7,9,13H,5-6,8,15H2,1-2H3. The number of anilines is 1. The van der Waals surface area contributed by atoms with Gasteiger partial charge in [-0.15, -0.1) is 0 Å². The molecule has 1 aliphatic rings. The lowest BCUT2D eigenvalue weighted by molar-refractivity contribution is -0.383. The van der Waals surface area contributed by atoms with Crippen LogP contribution >= 0.6 is 0 Å². The van der Waals surface area contributed by atoms with Crippen molar-refractivity contribution < 1.29 is 14.5 Å². The van der Waals surface area contributed by atoms with Gasteiger partial charge in [-0.2, -0.15) is 0 Å². The molecule has 2 rings (SSSR count). The molecular formula is C14H19N3O4. The summed E-state index contributed by atoms with van der Waals surface area (Å²) in [5.41, 5.74) is 5.64. The van der Waals surface area contributed by atoms with E-state index in [0.29, 0.717) is 19.0 Å². The molecule has 1 fully saturated rings. The van der Waals surface area contributed by atoms with Gasteiger partial charge in [0.15, 0.2) is 0 Å². The number of nitrogens with two attached hydrogens (primary N) is 1. The minimum absolute atomic E-state index is 0.00790. The molecule has 0 aliphatic carbocycles. The van der Waals surface area contributed by atoms with Crippen molar-refractivity contribution in [3.8, 4) is 0 Å². The van der Waals surface area contributed by atoms with Crippen LogP contribution in [-0.2, 0) is 4.74 Å². The minimum atomic E-state index is -0.581. The number of nitro benzene ring substituents is 1. The van der Waals surface area contributed by atoms with Crippen LogP contribution in [-0.4, -0.2) is 42.0 Å². The van der Waals surface area contributed by atoms with Crippen molar-refractivity contribution in [3.05, 3.63) is 33.9 Å². The summed E-state index contributed by atoms with van der Waals surface area (Å²) in [6, 6.07) is 4.15. The quantitative estimate of drug-likeness (QED) is 0.519. The van der Waals surface area contributed by atoms with E-state index in [1.54, 1.807) is 12.0 Å². The lowest BCUT2D eigenvalue weighted by atomic mass is 9.95. The molecule has 0 bridgehead atoms.